The molecule has 14 nitrogen and oxygen atoms in total. The van der Waals surface area contributed by atoms with Crippen LogP contribution in [0.2, 0.25) is 0 Å². The lowest BCUT2D eigenvalue weighted by molar-refractivity contribution is -0.913. The number of unbranched alkanes of at least 4 members (excludes halogenated alkanes) is 3. The van der Waals surface area contributed by atoms with Crippen LogP contribution < -0.4 is 0 Å². The Morgan fingerprint density at radius 1 is 1.12 bits per heavy atom. The van der Waals surface area contributed by atoms with E-state index in [-0.39, 0.29) is 48.7 Å². The van der Waals surface area contributed by atoms with Crippen molar-refractivity contribution in [3.8, 4) is 0 Å². The van der Waals surface area contributed by atoms with Gasteiger partial charge in [-0.3, -0.25) is 24.2 Å². The van der Waals surface area contributed by atoms with Crippen LogP contribution in [0.3, 0.4) is 0 Å². The van der Waals surface area contributed by atoms with Gasteiger partial charge in [-0.1, -0.05) is 51.5 Å². The van der Waals surface area contributed by atoms with Crippen LogP contribution in [0, 0.1) is 11.8 Å². The Balaban J connectivity index is 1.36. The van der Waals surface area contributed by atoms with Gasteiger partial charge in [-0.25, -0.2) is 4.79 Å². The number of likely N-dealkylation sites (N-methyl/N-ethyl adjacent to an activating group) is 1. The number of methoxy groups -OCH3 is 1. The normalized spacial score (nSPS) is 31.9. The predicted octanol–water partition coefficient (Wildman–Crippen LogP) is 4.61. The molecular weight excluding hydrogens is 759 g/mol. The summed E-state index contributed by atoms with van der Waals surface area (Å²) in [6.07, 6.45) is 13.0. The van der Waals surface area contributed by atoms with Crippen LogP contribution in [0.15, 0.2) is 48.1 Å². The summed E-state index contributed by atoms with van der Waals surface area (Å²) in [5.41, 5.74) is -1.44. The van der Waals surface area contributed by atoms with Crippen LogP contribution in [0.4, 0.5) is 4.79 Å². The summed E-state index contributed by atoms with van der Waals surface area (Å²) in [7, 11) is 3.76. The van der Waals surface area contributed by atoms with E-state index in [9.17, 15) is 34.5 Å². The van der Waals surface area contributed by atoms with E-state index in [1.807, 2.05) is 40.7 Å². The summed E-state index contributed by atoms with van der Waals surface area (Å²) < 4.78 is 24.8. The zero-order valence-electron chi connectivity index (χ0n) is 36.7. The summed E-state index contributed by atoms with van der Waals surface area (Å²) >= 11 is 0. The van der Waals surface area contributed by atoms with Crippen molar-refractivity contribution in [2.45, 2.75) is 147 Å². The van der Waals surface area contributed by atoms with E-state index in [1.54, 1.807) is 43.2 Å². The van der Waals surface area contributed by atoms with Gasteiger partial charge in [-0.15, -0.1) is 0 Å². The second-order valence-electron chi connectivity index (χ2n) is 18.0. The first-order chi connectivity index (χ1) is 27.8. The SMILES string of the molecule is CC[C@H](O)[C@@H](C)[C@@H]1O[C@H]1CC(C)(O)/C=C/C=C(\C)[C@H]1OC(=O)C[C@H](O)CC[C@@](C)(OC)[C@@H](OC(=O)N2CC[N+](C)(CCCCCCN3C(=O)C=CC3=O)CC2)/C=C/[C@@H]1C. The average Bonchev–Trinajstić information content (AvgIpc) is 3.87. The first-order valence-electron chi connectivity index (χ1n) is 21.7. The third-order valence-corrected chi connectivity index (χ3v) is 12.8. The molecule has 0 aromatic heterocycles. The number of allylic oxidation sites excluding steroid dienone is 2. The summed E-state index contributed by atoms with van der Waals surface area (Å²) in [5, 5.41) is 32.2. The lowest BCUT2D eigenvalue weighted by Crippen LogP contribution is -2.59. The number of aliphatic hydroxyl groups is 3. The minimum absolute atomic E-state index is 0.0198. The lowest BCUT2D eigenvalue weighted by atomic mass is 9.88. The van der Waals surface area contributed by atoms with Gasteiger partial charge in [0, 0.05) is 44.1 Å². The minimum Gasteiger partial charge on any atom is -0.457 e. The molecule has 0 aromatic carbocycles. The monoisotopic (exact) mass is 831 g/mol. The Morgan fingerprint density at radius 3 is 2.42 bits per heavy atom. The molecule has 10 atom stereocenters. The fourth-order valence-electron chi connectivity index (χ4n) is 8.31. The molecule has 0 bridgehead atoms. The number of amides is 3. The van der Waals surface area contributed by atoms with Crippen LogP contribution in [0.5, 0.6) is 0 Å². The number of hydrogen-bond acceptors (Lipinski definition) is 11. The van der Waals surface area contributed by atoms with Crippen LogP contribution in [-0.2, 0) is 33.3 Å². The Hall–Kier alpha value is -3.40. The van der Waals surface area contributed by atoms with E-state index in [2.05, 4.69) is 7.05 Å². The first kappa shape index (κ1) is 48.3. The fraction of sp³-hybridized carbons (Fsp3) is 0.733. The number of carbonyl (C=O) groups is 4. The summed E-state index contributed by atoms with van der Waals surface area (Å²) in [6, 6.07) is 0. The second-order valence-corrected chi connectivity index (χ2v) is 18.0. The number of quaternary nitrogens is 1. The van der Waals surface area contributed by atoms with E-state index >= 15 is 0 Å². The third-order valence-electron chi connectivity index (χ3n) is 12.8. The highest BCUT2D eigenvalue weighted by molar-refractivity contribution is 6.12. The van der Waals surface area contributed by atoms with Crippen molar-refractivity contribution in [2.75, 3.05) is 53.4 Å². The van der Waals surface area contributed by atoms with Crippen LogP contribution >= 0.6 is 0 Å². The van der Waals surface area contributed by atoms with Gasteiger partial charge >= 0.3 is 12.1 Å². The Kier molecular flexibility index (Phi) is 17.5. The molecule has 3 N–H and O–H groups in total. The topological polar surface area (TPSA) is 176 Å². The number of carbonyl (C=O) groups excluding carboxylic acids is 4. The van der Waals surface area contributed by atoms with E-state index in [0.29, 0.717) is 38.9 Å². The molecule has 0 aliphatic carbocycles. The quantitative estimate of drug-likeness (QED) is 0.0355. The molecule has 2 saturated heterocycles. The van der Waals surface area contributed by atoms with Gasteiger partial charge in [0.05, 0.1) is 76.2 Å². The molecule has 3 amide bonds. The fourth-order valence-corrected chi connectivity index (χ4v) is 8.31. The maximum atomic E-state index is 13.7. The molecule has 4 heterocycles. The number of nitrogens with zero attached hydrogens (tertiary/aromatic N) is 3. The molecule has 0 spiro atoms. The van der Waals surface area contributed by atoms with Gasteiger partial charge in [-0.05, 0) is 70.9 Å². The zero-order chi connectivity index (χ0) is 43.5. The first-order valence-corrected chi connectivity index (χ1v) is 21.7. The number of epoxide rings is 1. The molecule has 2 fully saturated rings. The van der Waals surface area contributed by atoms with Gasteiger partial charge in [0.15, 0.2) is 6.10 Å². The van der Waals surface area contributed by atoms with Gasteiger partial charge in [0.2, 0.25) is 0 Å². The maximum absolute atomic E-state index is 13.7. The molecule has 0 radical (unpaired) electrons. The number of rotatable bonds is 17. The molecule has 4 aliphatic rings. The highest BCUT2D eigenvalue weighted by Gasteiger charge is 2.47. The standard InChI is InChI=1S/C45H72N3O11/c1-9-35(50)33(4)42-36(57-42)30-44(5,55)21-14-15-31(2)41-32(3)16-17-37(45(6,56-8)22-20-34(49)29-40(53)59-41)58-43(54)46-24-27-48(7,28-25-46)26-13-11-10-12-23-47-38(51)18-19-39(47)52/h14-19,21,32-37,41-42,49-50,55H,9-13,20,22-30H2,1-8H3/q+1/b17-16+,21-14+,31-15+/t32-,33+,34+,35-,36-,37-,41+,42-,44?,45+/m0/s1. The van der Waals surface area contributed by atoms with Crippen LogP contribution in [0.25, 0.3) is 0 Å². The van der Waals surface area contributed by atoms with Crippen LogP contribution in [0.1, 0.15) is 99.3 Å². The predicted molar refractivity (Wildman–Crippen MR) is 223 cm³/mol. The number of ether oxygens (including phenoxy) is 4. The highest BCUT2D eigenvalue weighted by Crippen LogP contribution is 2.38. The van der Waals surface area contributed by atoms with E-state index in [0.717, 1.165) is 55.4 Å². The van der Waals surface area contributed by atoms with E-state index in [4.69, 9.17) is 18.9 Å². The molecule has 0 aromatic rings. The number of hydrogen-bond donors (Lipinski definition) is 3. The van der Waals surface area contributed by atoms with E-state index < -0.39 is 47.7 Å². The molecule has 1 unspecified atom stereocenters. The lowest BCUT2D eigenvalue weighted by Gasteiger charge is -2.42. The minimum atomic E-state index is -1.17. The smallest absolute Gasteiger partial charge is 0.410 e. The molecule has 332 valence electrons. The van der Waals surface area contributed by atoms with E-state index in [1.165, 1.54) is 17.1 Å². The van der Waals surface area contributed by atoms with Gasteiger partial charge in [0.25, 0.3) is 11.8 Å². The molecule has 14 heteroatoms. The number of cyclic esters (lactones) is 1. The Labute approximate surface area is 351 Å². The highest BCUT2D eigenvalue weighted by atomic mass is 16.6. The maximum Gasteiger partial charge on any atom is 0.410 e. The zero-order valence-corrected chi connectivity index (χ0v) is 36.7. The summed E-state index contributed by atoms with van der Waals surface area (Å²) in [4.78, 5) is 53.4. The number of piperazine rings is 1. The van der Waals surface area contributed by atoms with Crippen LogP contribution in [-0.4, -0.2) is 155 Å². The molecule has 59 heavy (non-hydrogen) atoms. The van der Waals surface area contributed by atoms with Crippen molar-refractivity contribution in [3.05, 3.63) is 48.1 Å². The Bertz CT molecular complexity index is 1550. The number of esters is 1. The molecular formula is C45H72N3O11+. The Morgan fingerprint density at radius 2 is 1.78 bits per heavy atom. The van der Waals surface area contributed by atoms with Crippen molar-refractivity contribution in [3.63, 3.8) is 0 Å². The van der Waals surface area contributed by atoms with Gasteiger partial charge in [-0.2, -0.15) is 0 Å². The van der Waals surface area contributed by atoms with Crippen molar-refractivity contribution in [2.24, 2.45) is 11.8 Å². The van der Waals surface area contributed by atoms with Crippen molar-refractivity contribution in [1.82, 2.24) is 9.80 Å². The average molecular weight is 831 g/mol. The molecule has 4 rings (SSSR count). The van der Waals surface area contributed by atoms with Crippen molar-refractivity contribution >= 4 is 23.9 Å². The van der Waals surface area contributed by atoms with Gasteiger partial charge < -0.3 is 38.8 Å². The molecule has 4 aliphatic heterocycles. The second kappa shape index (κ2) is 21.4. The number of imide groups is 1. The van der Waals surface area contributed by atoms with Crippen molar-refractivity contribution in [1.29, 1.82) is 0 Å². The summed E-state index contributed by atoms with van der Waals surface area (Å²) in [6.45, 7) is 15.2. The number of aliphatic hydroxyl groups excluding tert-OH is 2. The largest absolute Gasteiger partial charge is 0.457 e. The molecule has 0 saturated carbocycles. The summed E-state index contributed by atoms with van der Waals surface area (Å²) in [5.74, 6) is -1.38. The van der Waals surface area contributed by atoms with Gasteiger partial charge in [0.1, 0.15) is 11.7 Å². The van der Waals surface area contributed by atoms with Crippen molar-refractivity contribution < 1.29 is 57.9 Å². The third kappa shape index (κ3) is 14.1.